The molecule has 3 aromatic rings. The Labute approximate surface area is 252 Å². The zero-order chi connectivity index (χ0) is 33.0. The van der Waals surface area contributed by atoms with E-state index in [2.05, 4.69) is 8.37 Å². The summed E-state index contributed by atoms with van der Waals surface area (Å²) < 4.78 is 51.9. The molecule has 0 aliphatic carbocycles. The van der Waals surface area contributed by atoms with Crippen molar-refractivity contribution in [2.24, 2.45) is 0 Å². The number of nitrogens with zero attached hydrogens (tertiary/aromatic N) is 3. The van der Waals surface area contributed by atoms with E-state index in [1.165, 1.54) is 48.5 Å². The van der Waals surface area contributed by atoms with Gasteiger partial charge in [0.15, 0.2) is 0 Å². The molecule has 0 amide bonds. The normalized spacial score (nSPS) is 10.9. The highest BCUT2D eigenvalue weighted by Gasteiger charge is 2.11. The maximum absolute atomic E-state index is 10.8. The molecule has 0 N–H and O–H groups in total. The molecule has 0 saturated heterocycles. The van der Waals surface area contributed by atoms with Gasteiger partial charge in [-0.3, -0.25) is 38.7 Å². The third kappa shape index (κ3) is 14.6. The Bertz CT molecular complexity index is 1660. The molecular formula is C25H28ClN3O12S2. The lowest BCUT2D eigenvalue weighted by atomic mass is 10.1. The molecule has 0 aliphatic rings. The number of hydrogen-bond donors (Lipinski definition) is 0. The Morgan fingerprint density at radius 2 is 1.14 bits per heavy atom. The molecule has 234 valence electrons. The van der Waals surface area contributed by atoms with E-state index in [0.29, 0.717) is 28.1 Å². The minimum Gasteiger partial charge on any atom is -0.265 e. The van der Waals surface area contributed by atoms with Gasteiger partial charge in [0, 0.05) is 41.8 Å². The Morgan fingerprint density at radius 3 is 1.56 bits per heavy atom. The van der Waals surface area contributed by atoms with Gasteiger partial charge in [-0.1, -0.05) is 6.07 Å². The molecular weight excluding hydrogens is 634 g/mol. The first-order chi connectivity index (χ1) is 19.8. The lowest BCUT2D eigenvalue weighted by Gasteiger charge is -2.05. The highest BCUT2D eigenvalue weighted by Crippen LogP contribution is 2.20. The second-order valence-electron chi connectivity index (χ2n) is 8.74. The van der Waals surface area contributed by atoms with Crippen molar-refractivity contribution in [2.75, 3.05) is 12.5 Å². The minimum absolute atomic E-state index is 0.0272. The summed E-state index contributed by atoms with van der Waals surface area (Å²) in [6.07, 6.45) is 1.89. The number of hydrogen-bond acceptors (Lipinski definition) is 12. The molecule has 0 aliphatic heterocycles. The van der Waals surface area contributed by atoms with E-state index in [4.69, 9.17) is 11.6 Å². The first-order valence-corrected chi connectivity index (χ1v) is 16.0. The van der Waals surface area contributed by atoms with Crippen molar-refractivity contribution >= 4 is 48.9 Å². The minimum atomic E-state index is -3.50. The molecule has 3 aromatic carbocycles. The van der Waals surface area contributed by atoms with Gasteiger partial charge in [-0.15, -0.1) is 11.6 Å². The van der Waals surface area contributed by atoms with Crippen LogP contribution in [0.5, 0.6) is 0 Å². The topological polar surface area (TPSA) is 216 Å². The molecule has 0 radical (unpaired) electrons. The van der Waals surface area contributed by atoms with Crippen molar-refractivity contribution in [3.63, 3.8) is 0 Å². The average molecular weight is 662 g/mol. The van der Waals surface area contributed by atoms with E-state index in [1.54, 1.807) is 26.0 Å². The first-order valence-electron chi connectivity index (χ1n) is 11.8. The van der Waals surface area contributed by atoms with Crippen LogP contribution >= 0.6 is 11.6 Å². The van der Waals surface area contributed by atoms with Crippen LogP contribution in [-0.4, -0.2) is 44.1 Å². The van der Waals surface area contributed by atoms with Crippen LogP contribution in [0, 0.1) is 44.2 Å². The largest absolute Gasteiger partial charge is 0.272 e. The maximum Gasteiger partial charge on any atom is 0.272 e. The van der Waals surface area contributed by atoms with Crippen molar-refractivity contribution in [2.45, 2.75) is 32.9 Å². The molecule has 0 atom stereocenters. The fraction of sp³-hybridized carbons (Fsp3) is 0.280. The number of non-ortho nitro benzene ring substituents is 2. The third-order valence-corrected chi connectivity index (χ3v) is 6.57. The summed E-state index contributed by atoms with van der Waals surface area (Å²) in [5.74, 6) is 0.388. The van der Waals surface area contributed by atoms with Crippen LogP contribution < -0.4 is 0 Å². The molecule has 3 rings (SSSR count). The molecule has 43 heavy (non-hydrogen) atoms. The molecule has 0 heterocycles. The van der Waals surface area contributed by atoms with Gasteiger partial charge in [-0.25, -0.2) is 0 Å². The van der Waals surface area contributed by atoms with Crippen LogP contribution in [0.25, 0.3) is 0 Å². The number of benzene rings is 3. The lowest BCUT2D eigenvalue weighted by molar-refractivity contribution is -0.385. The summed E-state index contributed by atoms with van der Waals surface area (Å²) in [4.78, 5) is 29.7. The smallest absolute Gasteiger partial charge is 0.265 e. The van der Waals surface area contributed by atoms with Gasteiger partial charge < -0.3 is 0 Å². The fourth-order valence-electron chi connectivity index (χ4n) is 3.02. The van der Waals surface area contributed by atoms with Crippen LogP contribution in [0.4, 0.5) is 17.1 Å². The van der Waals surface area contributed by atoms with Gasteiger partial charge in [-0.05, 0) is 60.4 Å². The predicted molar refractivity (Wildman–Crippen MR) is 158 cm³/mol. The standard InChI is InChI=1S/C9H11NO5S.C8H8ClNO2.C8H9NO5S/c1-7-5-9(10(11)12)4-3-8(7)6-15-16(2,13)14;1-6-4-7(5-9)2-3-8(6)10(11)12;1-15(12,13)14-6-7-2-4-8(5-3-7)9(10)11/h3-5H,6H2,1-2H3;2-4H,5H2,1H3;2-5H,6H2,1H3. The van der Waals surface area contributed by atoms with E-state index >= 15 is 0 Å². The summed E-state index contributed by atoms with van der Waals surface area (Å²) >= 11 is 5.56. The quantitative estimate of drug-likeness (QED) is 0.120. The summed E-state index contributed by atoms with van der Waals surface area (Å²) in [7, 11) is -6.98. The fourth-order valence-corrected chi connectivity index (χ4v) is 3.88. The predicted octanol–water partition coefficient (Wildman–Crippen LogP) is 5.09. The Kier molecular flexibility index (Phi) is 14.3. The van der Waals surface area contributed by atoms with E-state index < -0.39 is 35.0 Å². The molecule has 0 bridgehead atoms. The first kappa shape index (κ1) is 37.0. The van der Waals surface area contributed by atoms with Crippen LogP contribution in [0.2, 0.25) is 0 Å². The summed E-state index contributed by atoms with van der Waals surface area (Å²) in [6.45, 7) is 3.14. The number of aryl methyl sites for hydroxylation is 2. The highest BCUT2D eigenvalue weighted by molar-refractivity contribution is 7.86. The molecule has 0 spiro atoms. The van der Waals surface area contributed by atoms with Gasteiger partial charge in [0.2, 0.25) is 0 Å². The molecule has 18 heteroatoms. The summed E-state index contributed by atoms with van der Waals surface area (Å²) in [6, 6.07) is 14.5. The number of nitro benzene ring substituents is 3. The van der Waals surface area contributed by atoms with E-state index in [0.717, 1.165) is 18.1 Å². The monoisotopic (exact) mass is 661 g/mol. The van der Waals surface area contributed by atoms with Gasteiger partial charge in [0.1, 0.15) is 0 Å². The number of alkyl halides is 1. The van der Waals surface area contributed by atoms with Crippen molar-refractivity contribution < 1.29 is 40.0 Å². The van der Waals surface area contributed by atoms with Crippen molar-refractivity contribution in [1.82, 2.24) is 0 Å². The number of halogens is 1. The van der Waals surface area contributed by atoms with E-state index in [1.807, 2.05) is 0 Å². The maximum atomic E-state index is 10.8. The Balaban J connectivity index is 0.000000326. The Morgan fingerprint density at radius 1 is 0.651 bits per heavy atom. The second kappa shape index (κ2) is 16.6. The zero-order valence-electron chi connectivity index (χ0n) is 23.3. The number of rotatable bonds is 10. The SMILES string of the molecule is CS(=O)(=O)OCc1ccc([N+](=O)[O-])cc1.Cc1cc(CCl)ccc1[N+](=O)[O-].Cc1cc([N+](=O)[O-])ccc1COS(C)(=O)=O. The van der Waals surface area contributed by atoms with Crippen molar-refractivity contribution in [3.05, 3.63) is 119 Å². The van der Waals surface area contributed by atoms with Crippen LogP contribution in [-0.2, 0) is 47.7 Å². The third-order valence-electron chi connectivity index (χ3n) is 5.16. The van der Waals surface area contributed by atoms with E-state index in [9.17, 15) is 47.2 Å². The summed E-state index contributed by atoms with van der Waals surface area (Å²) in [5.41, 5.74) is 3.42. The second-order valence-corrected chi connectivity index (χ2v) is 12.3. The average Bonchev–Trinajstić information content (AvgIpc) is 2.91. The van der Waals surface area contributed by atoms with Crippen LogP contribution in [0.1, 0.15) is 27.8 Å². The van der Waals surface area contributed by atoms with Crippen LogP contribution in [0.15, 0.2) is 60.7 Å². The number of nitro groups is 3. The van der Waals surface area contributed by atoms with Crippen molar-refractivity contribution in [1.29, 1.82) is 0 Å². The highest BCUT2D eigenvalue weighted by atomic mass is 35.5. The van der Waals surface area contributed by atoms with Gasteiger partial charge in [-0.2, -0.15) is 16.8 Å². The molecule has 0 unspecified atom stereocenters. The van der Waals surface area contributed by atoms with Gasteiger partial charge >= 0.3 is 0 Å². The Hall–Kier alpha value is -4.03. The molecule has 0 saturated carbocycles. The van der Waals surface area contributed by atoms with E-state index in [-0.39, 0.29) is 30.3 Å². The van der Waals surface area contributed by atoms with Crippen LogP contribution in [0.3, 0.4) is 0 Å². The zero-order valence-corrected chi connectivity index (χ0v) is 25.7. The summed E-state index contributed by atoms with van der Waals surface area (Å²) in [5, 5.41) is 31.2. The van der Waals surface area contributed by atoms with Gasteiger partial charge in [0.05, 0.1) is 40.5 Å². The lowest BCUT2D eigenvalue weighted by Crippen LogP contribution is -2.04. The van der Waals surface area contributed by atoms with Gasteiger partial charge in [0.25, 0.3) is 37.3 Å². The molecule has 0 aromatic heterocycles. The molecule has 15 nitrogen and oxygen atoms in total. The molecule has 0 fully saturated rings. The van der Waals surface area contributed by atoms with Crippen molar-refractivity contribution in [3.8, 4) is 0 Å².